The molecule has 2 rings (SSSR count). The molecule has 3 N–H and O–H groups in total. The number of pyridine rings is 1. The molecule has 0 spiro atoms. The summed E-state index contributed by atoms with van der Waals surface area (Å²) < 4.78 is 0. The summed E-state index contributed by atoms with van der Waals surface area (Å²) in [4.78, 5) is 24.5. The molecule has 1 amide bonds. The summed E-state index contributed by atoms with van der Waals surface area (Å²) in [5, 5.41) is 2.82. The second-order valence-corrected chi connectivity index (χ2v) is 5.05. The number of aromatic nitrogens is 3. The molecule has 21 heavy (non-hydrogen) atoms. The molecule has 2 aromatic rings. The number of rotatable bonds is 5. The van der Waals surface area contributed by atoms with Crippen LogP contribution >= 0.6 is 0 Å². The molecule has 6 heteroatoms. The fourth-order valence-corrected chi connectivity index (χ4v) is 1.81. The first-order chi connectivity index (χ1) is 10.1. The van der Waals surface area contributed by atoms with Crippen molar-refractivity contribution in [2.45, 2.75) is 26.2 Å². The van der Waals surface area contributed by atoms with Gasteiger partial charge in [-0.15, -0.1) is 0 Å². The molecule has 0 saturated heterocycles. The van der Waals surface area contributed by atoms with E-state index in [1.165, 1.54) is 6.20 Å². The van der Waals surface area contributed by atoms with Crippen molar-refractivity contribution in [3.05, 3.63) is 47.8 Å². The molecule has 0 radical (unpaired) electrons. The molecule has 0 aliphatic rings. The van der Waals surface area contributed by atoms with E-state index in [4.69, 9.17) is 5.73 Å². The molecule has 0 atom stereocenters. The van der Waals surface area contributed by atoms with Gasteiger partial charge >= 0.3 is 0 Å². The van der Waals surface area contributed by atoms with Crippen molar-refractivity contribution in [3.8, 4) is 0 Å². The number of hydrogen-bond acceptors (Lipinski definition) is 5. The molecule has 0 bridgehead atoms. The van der Waals surface area contributed by atoms with Gasteiger partial charge in [-0.1, -0.05) is 19.9 Å². The lowest BCUT2D eigenvalue weighted by Gasteiger charge is -2.09. The first kappa shape index (κ1) is 14.9. The highest BCUT2D eigenvalue weighted by atomic mass is 16.1. The summed E-state index contributed by atoms with van der Waals surface area (Å²) in [7, 11) is 0. The summed E-state index contributed by atoms with van der Waals surface area (Å²) in [6.45, 7) is 4.44. The van der Waals surface area contributed by atoms with Crippen LogP contribution in [0.3, 0.4) is 0 Å². The Morgan fingerprint density at radius 2 is 2.19 bits per heavy atom. The van der Waals surface area contributed by atoms with E-state index in [9.17, 15) is 4.79 Å². The predicted molar refractivity (Wildman–Crippen MR) is 80.8 cm³/mol. The third kappa shape index (κ3) is 3.98. The van der Waals surface area contributed by atoms with Gasteiger partial charge in [-0.25, -0.2) is 9.97 Å². The van der Waals surface area contributed by atoms with Crippen molar-refractivity contribution in [2.24, 2.45) is 0 Å². The Bertz CT molecular complexity index is 613. The van der Waals surface area contributed by atoms with E-state index >= 15 is 0 Å². The van der Waals surface area contributed by atoms with Gasteiger partial charge < -0.3 is 11.1 Å². The summed E-state index contributed by atoms with van der Waals surface area (Å²) >= 11 is 0. The van der Waals surface area contributed by atoms with E-state index in [1.807, 2.05) is 26.0 Å². The van der Waals surface area contributed by atoms with Crippen molar-refractivity contribution < 1.29 is 4.79 Å². The molecule has 0 aliphatic heterocycles. The number of nitrogens with one attached hydrogen (secondary N) is 1. The van der Waals surface area contributed by atoms with Crippen molar-refractivity contribution in [1.29, 1.82) is 0 Å². The van der Waals surface area contributed by atoms with Gasteiger partial charge in [-0.05, 0) is 18.1 Å². The van der Waals surface area contributed by atoms with Crippen molar-refractivity contribution in [1.82, 2.24) is 20.3 Å². The molecule has 110 valence electrons. The maximum atomic E-state index is 12.1. The maximum Gasteiger partial charge on any atom is 0.272 e. The number of hydrogen-bond donors (Lipinski definition) is 2. The Morgan fingerprint density at radius 3 is 2.86 bits per heavy atom. The van der Waals surface area contributed by atoms with Gasteiger partial charge in [-0.2, -0.15) is 0 Å². The highest BCUT2D eigenvalue weighted by Crippen LogP contribution is 2.13. The van der Waals surface area contributed by atoms with E-state index in [0.29, 0.717) is 24.5 Å². The summed E-state index contributed by atoms with van der Waals surface area (Å²) in [6, 6.07) is 3.84. The third-order valence-corrected chi connectivity index (χ3v) is 2.99. The Balaban J connectivity index is 1.98. The average Bonchev–Trinajstić information content (AvgIpc) is 2.48. The lowest BCUT2D eigenvalue weighted by Crippen LogP contribution is -2.28. The zero-order chi connectivity index (χ0) is 15.2. The number of nitrogens with zero attached hydrogens (tertiary/aromatic N) is 3. The maximum absolute atomic E-state index is 12.1. The van der Waals surface area contributed by atoms with Crippen molar-refractivity contribution in [3.63, 3.8) is 0 Å². The molecule has 0 aliphatic carbocycles. The van der Waals surface area contributed by atoms with Crippen molar-refractivity contribution in [2.75, 3.05) is 12.3 Å². The van der Waals surface area contributed by atoms with Gasteiger partial charge in [0.15, 0.2) is 5.69 Å². The van der Waals surface area contributed by atoms with Crippen molar-refractivity contribution >= 4 is 11.6 Å². The van der Waals surface area contributed by atoms with Gasteiger partial charge in [0.25, 0.3) is 5.91 Å². The fourth-order valence-electron chi connectivity index (χ4n) is 1.81. The molecule has 2 heterocycles. The normalized spacial score (nSPS) is 10.6. The lowest BCUT2D eigenvalue weighted by atomic mass is 10.2. The van der Waals surface area contributed by atoms with Crippen LogP contribution in [0.25, 0.3) is 0 Å². The summed E-state index contributed by atoms with van der Waals surface area (Å²) in [6.07, 6.45) is 5.69. The summed E-state index contributed by atoms with van der Waals surface area (Å²) in [5.41, 5.74) is 7.37. The minimum atomic E-state index is -0.277. The number of carbonyl (C=O) groups is 1. The third-order valence-electron chi connectivity index (χ3n) is 2.99. The Kier molecular flexibility index (Phi) is 4.81. The lowest BCUT2D eigenvalue weighted by molar-refractivity contribution is 0.0949. The number of carbonyl (C=O) groups excluding carboxylic acids is 1. The van der Waals surface area contributed by atoms with Crippen LogP contribution < -0.4 is 11.1 Å². The minimum Gasteiger partial charge on any atom is -0.396 e. The molecular formula is C15H19N5O. The van der Waals surface area contributed by atoms with Crippen LogP contribution in [0, 0.1) is 0 Å². The summed E-state index contributed by atoms with van der Waals surface area (Å²) in [5.74, 6) is 0.481. The van der Waals surface area contributed by atoms with Gasteiger partial charge in [-0.3, -0.25) is 9.78 Å². The zero-order valence-corrected chi connectivity index (χ0v) is 12.2. The van der Waals surface area contributed by atoms with Gasteiger partial charge in [0.2, 0.25) is 0 Å². The minimum absolute atomic E-state index is 0.146. The number of amides is 1. The van der Waals surface area contributed by atoms with Crippen LogP contribution in [0.4, 0.5) is 5.69 Å². The molecule has 0 saturated carbocycles. The average molecular weight is 285 g/mol. The largest absolute Gasteiger partial charge is 0.396 e. The molecule has 0 fully saturated rings. The highest BCUT2D eigenvalue weighted by Gasteiger charge is 2.14. The quantitative estimate of drug-likeness (QED) is 0.869. The van der Waals surface area contributed by atoms with Gasteiger partial charge in [0.1, 0.15) is 5.82 Å². The van der Waals surface area contributed by atoms with E-state index in [1.54, 1.807) is 12.4 Å². The Hall–Kier alpha value is -2.50. The van der Waals surface area contributed by atoms with Crippen LogP contribution in [0.1, 0.15) is 41.6 Å². The monoisotopic (exact) mass is 285 g/mol. The van der Waals surface area contributed by atoms with E-state index < -0.39 is 0 Å². The Morgan fingerprint density at radius 1 is 1.38 bits per heavy atom. The molecule has 0 aromatic carbocycles. The topological polar surface area (TPSA) is 93.8 Å². The standard InChI is InChI=1S/C15H19N5O/c1-10(2)14-19-9-12(16)13(20-14)15(21)18-7-5-11-4-3-6-17-8-11/h3-4,6,8-10H,5,7,16H2,1-2H3,(H,18,21). The van der Waals surface area contributed by atoms with Crippen LogP contribution in [0.5, 0.6) is 0 Å². The van der Waals surface area contributed by atoms with E-state index in [0.717, 1.165) is 5.56 Å². The van der Waals surface area contributed by atoms with Gasteiger partial charge in [0.05, 0.1) is 11.9 Å². The first-order valence-electron chi connectivity index (χ1n) is 6.87. The zero-order valence-electron chi connectivity index (χ0n) is 12.2. The predicted octanol–water partition coefficient (Wildman–Crippen LogP) is 1.55. The first-order valence-corrected chi connectivity index (χ1v) is 6.87. The number of anilines is 1. The second-order valence-electron chi connectivity index (χ2n) is 5.05. The molecule has 0 unspecified atom stereocenters. The number of nitrogen functional groups attached to an aromatic ring is 1. The van der Waals surface area contributed by atoms with Gasteiger partial charge in [0, 0.05) is 24.9 Å². The van der Waals surface area contributed by atoms with Crippen LogP contribution in [0.2, 0.25) is 0 Å². The molecular weight excluding hydrogens is 266 g/mol. The Labute approximate surface area is 123 Å². The van der Waals surface area contributed by atoms with Crippen LogP contribution in [-0.2, 0) is 6.42 Å². The SMILES string of the molecule is CC(C)c1ncc(N)c(C(=O)NCCc2cccnc2)n1. The van der Waals surface area contributed by atoms with E-state index in [2.05, 4.69) is 20.3 Å². The van der Waals surface area contributed by atoms with Crippen LogP contribution in [0.15, 0.2) is 30.7 Å². The number of nitrogens with two attached hydrogens (primary N) is 1. The second kappa shape index (κ2) is 6.78. The fraction of sp³-hybridized carbons (Fsp3) is 0.333. The molecule has 6 nitrogen and oxygen atoms in total. The van der Waals surface area contributed by atoms with Crippen LogP contribution in [-0.4, -0.2) is 27.4 Å². The molecule has 2 aromatic heterocycles. The van der Waals surface area contributed by atoms with E-state index in [-0.39, 0.29) is 17.5 Å². The smallest absolute Gasteiger partial charge is 0.272 e. The highest BCUT2D eigenvalue weighted by molar-refractivity contribution is 5.96.